The summed E-state index contributed by atoms with van der Waals surface area (Å²) in [6, 6.07) is 11.5. The van der Waals surface area contributed by atoms with Crippen molar-refractivity contribution >= 4 is 5.91 Å². The zero-order valence-electron chi connectivity index (χ0n) is 12.2. The number of aliphatic hydroxyl groups excluding tert-OH is 1. The molecule has 5 heteroatoms. The number of hydrogen-bond acceptors (Lipinski definition) is 3. The highest BCUT2D eigenvalue weighted by Crippen LogP contribution is 2.16. The minimum atomic E-state index is -0.152. The zero-order valence-corrected chi connectivity index (χ0v) is 12.2. The standard InChI is InChI=1S/C16H21N3O2/c1-12(11-20)6-5-9-17-16(21)15-10-14(18-19-15)13-7-3-2-4-8-13/h2-4,7-8,10,12,20H,5-6,9,11H2,1H3,(H,17,21)(H,18,19). The number of nitrogens with zero attached hydrogens (tertiary/aromatic N) is 1. The molecule has 1 heterocycles. The van der Waals surface area contributed by atoms with E-state index in [1.165, 1.54) is 0 Å². The molecule has 112 valence electrons. The van der Waals surface area contributed by atoms with Crippen LogP contribution in [0.1, 0.15) is 30.3 Å². The van der Waals surface area contributed by atoms with Gasteiger partial charge in [0.25, 0.3) is 5.91 Å². The number of benzene rings is 1. The Kier molecular flexibility index (Phi) is 5.51. The first-order valence-corrected chi connectivity index (χ1v) is 7.20. The van der Waals surface area contributed by atoms with E-state index in [9.17, 15) is 4.79 Å². The molecule has 1 amide bonds. The Morgan fingerprint density at radius 3 is 2.86 bits per heavy atom. The fourth-order valence-electron chi connectivity index (χ4n) is 2.03. The van der Waals surface area contributed by atoms with Crippen molar-refractivity contribution in [3.05, 3.63) is 42.1 Å². The summed E-state index contributed by atoms with van der Waals surface area (Å²) in [6.45, 7) is 2.78. The van der Waals surface area contributed by atoms with Crippen LogP contribution in [0.3, 0.4) is 0 Å². The topological polar surface area (TPSA) is 78.0 Å². The largest absolute Gasteiger partial charge is 0.396 e. The Bertz CT molecular complexity index is 566. The van der Waals surface area contributed by atoms with Crippen LogP contribution >= 0.6 is 0 Å². The molecule has 0 aliphatic rings. The Morgan fingerprint density at radius 1 is 1.38 bits per heavy atom. The lowest BCUT2D eigenvalue weighted by Crippen LogP contribution is -2.25. The second-order valence-electron chi connectivity index (χ2n) is 5.22. The van der Waals surface area contributed by atoms with Gasteiger partial charge in [0.2, 0.25) is 0 Å². The van der Waals surface area contributed by atoms with Crippen LogP contribution in [-0.4, -0.2) is 34.4 Å². The molecule has 0 saturated carbocycles. The van der Waals surface area contributed by atoms with Gasteiger partial charge in [-0.05, 0) is 24.8 Å². The maximum absolute atomic E-state index is 12.0. The van der Waals surface area contributed by atoms with Gasteiger partial charge in [0, 0.05) is 18.7 Å². The van der Waals surface area contributed by atoms with E-state index in [0.29, 0.717) is 12.2 Å². The molecule has 1 atom stereocenters. The molecular weight excluding hydrogens is 266 g/mol. The van der Waals surface area contributed by atoms with Crippen LogP contribution in [0, 0.1) is 5.92 Å². The lowest BCUT2D eigenvalue weighted by Gasteiger charge is -2.07. The van der Waals surface area contributed by atoms with E-state index in [-0.39, 0.29) is 18.4 Å². The third kappa shape index (κ3) is 4.43. The SMILES string of the molecule is CC(CO)CCCNC(=O)c1cc(-c2ccccc2)n[nH]1. The molecule has 3 N–H and O–H groups in total. The van der Waals surface area contributed by atoms with Gasteiger partial charge < -0.3 is 10.4 Å². The van der Waals surface area contributed by atoms with Gasteiger partial charge in [-0.25, -0.2) is 0 Å². The fraction of sp³-hybridized carbons (Fsp3) is 0.375. The summed E-state index contributed by atoms with van der Waals surface area (Å²) in [5.41, 5.74) is 2.20. The van der Waals surface area contributed by atoms with E-state index in [1.807, 2.05) is 37.3 Å². The Hall–Kier alpha value is -2.14. The molecule has 0 saturated heterocycles. The Balaban J connectivity index is 1.85. The Morgan fingerprint density at radius 2 is 2.14 bits per heavy atom. The van der Waals surface area contributed by atoms with Gasteiger partial charge in [-0.3, -0.25) is 9.89 Å². The fourth-order valence-corrected chi connectivity index (χ4v) is 2.03. The third-order valence-corrected chi connectivity index (χ3v) is 3.36. The van der Waals surface area contributed by atoms with Crippen molar-refractivity contribution < 1.29 is 9.90 Å². The monoisotopic (exact) mass is 287 g/mol. The van der Waals surface area contributed by atoms with Crippen molar-refractivity contribution in [1.29, 1.82) is 0 Å². The maximum Gasteiger partial charge on any atom is 0.269 e. The summed E-state index contributed by atoms with van der Waals surface area (Å²) in [5, 5.41) is 18.7. The van der Waals surface area contributed by atoms with E-state index in [0.717, 1.165) is 24.1 Å². The van der Waals surface area contributed by atoms with Gasteiger partial charge in [-0.15, -0.1) is 0 Å². The predicted molar refractivity (Wildman–Crippen MR) is 81.8 cm³/mol. The number of carbonyl (C=O) groups excluding carboxylic acids is 1. The van der Waals surface area contributed by atoms with Gasteiger partial charge in [0.05, 0.1) is 5.69 Å². The van der Waals surface area contributed by atoms with E-state index in [1.54, 1.807) is 6.07 Å². The minimum absolute atomic E-state index is 0.152. The summed E-state index contributed by atoms with van der Waals surface area (Å²) < 4.78 is 0. The number of aromatic amines is 1. The number of aliphatic hydroxyl groups is 1. The van der Waals surface area contributed by atoms with Crippen molar-refractivity contribution in [2.24, 2.45) is 5.92 Å². The van der Waals surface area contributed by atoms with Crippen LogP contribution in [0.5, 0.6) is 0 Å². The van der Waals surface area contributed by atoms with Crippen LogP contribution in [-0.2, 0) is 0 Å². The molecule has 21 heavy (non-hydrogen) atoms. The van der Waals surface area contributed by atoms with Crippen LogP contribution in [0.15, 0.2) is 36.4 Å². The van der Waals surface area contributed by atoms with Crippen LogP contribution < -0.4 is 5.32 Å². The number of nitrogens with one attached hydrogen (secondary N) is 2. The molecule has 0 aliphatic carbocycles. The quantitative estimate of drug-likeness (QED) is 0.683. The maximum atomic E-state index is 12.0. The first-order valence-electron chi connectivity index (χ1n) is 7.20. The van der Waals surface area contributed by atoms with Crippen molar-refractivity contribution in [1.82, 2.24) is 15.5 Å². The number of rotatable bonds is 7. The van der Waals surface area contributed by atoms with Crippen molar-refractivity contribution in [3.63, 3.8) is 0 Å². The Labute approximate surface area is 124 Å². The average Bonchev–Trinajstić information content (AvgIpc) is 3.02. The van der Waals surface area contributed by atoms with Crippen LogP contribution in [0.4, 0.5) is 0 Å². The summed E-state index contributed by atoms with van der Waals surface area (Å²) >= 11 is 0. The smallest absolute Gasteiger partial charge is 0.269 e. The lowest BCUT2D eigenvalue weighted by molar-refractivity contribution is 0.0947. The highest BCUT2D eigenvalue weighted by atomic mass is 16.3. The first kappa shape index (κ1) is 15.3. The van der Waals surface area contributed by atoms with Crippen molar-refractivity contribution in [3.8, 4) is 11.3 Å². The number of aromatic nitrogens is 2. The van der Waals surface area contributed by atoms with E-state index in [2.05, 4.69) is 15.5 Å². The van der Waals surface area contributed by atoms with E-state index in [4.69, 9.17) is 5.11 Å². The van der Waals surface area contributed by atoms with Crippen molar-refractivity contribution in [2.75, 3.05) is 13.2 Å². The van der Waals surface area contributed by atoms with Gasteiger partial charge in [-0.1, -0.05) is 37.3 Å². The molecule has 0 fully saturated rings. The highest BCUT2D eigenvalue weighted by Gasteiger charge is 2.10. The summed E-state index contributed by atoms with van der Waals surface area (Å²) in [7, 11) is 0. The van der Waals surface area contributed by atoms with Gasteiger partial charge >= 0.3 is 0 Å². The first-order chi connectivity index (χ1) is 10.2. The van der Waals surface area contributed by atoms with Gasteiger partial charge in [-0.2, -0.15) is 5.10 Å². The molecule has 1 unspecified atom stereocenters. The average molecular weight is 287 g/mol. The summed E-state index contributed by atoms with van der Waals surface area (Å²) in [6.07, 6.45) is 1.75. The molecule has 1 aromatic heterocycles. The second kappa shape index (κ2) is 7.59. The predicted octanol–water partition coefficient (Wildman–Crippen LogP) is 2.22. The molecule has 0 radical (unpaired) electrons. The molecular formula is C16H21N3O2. The highest BCUT2D eigenvalue weighted by molar-refractivity contribution is 5.93. The van der Waals surface area contributed by atoms with E-state index >= 15 is 0 Å². The molecule has 2 rings (SSSR count). The molecule has 5 nitrogen and oxygen atoms in total. The number of H-pyrrole nitrogens is 1. The minimum Gasteiger partial charge on any atom is -0.396 e. The van der Waals surface area contributed by atoms with Crippen LogP contribution in [0.25, 0.3) is 11.3 Å². The second-order valence-corrected chi connectivity index (χ2v) is 5.22. The molecule has 1 aromatic carbocycles. The summed E-state index contributed by atoms with van der Waals surface area (Å²) in [5.74, 6) is 0.125. The molecule has 2 aromatic rings. The van der Waals surface area contributed by atoms with E-state index < -0.39 is 0 Å². The van der Waals surface area contributed by atoms with Crippen LogP contribution in [0.2, 0.25) is 0 Å². The number of carbonyl (C=O) groups is 1. The molecule has 0 aliphatic heterocycles. The number of amides is 1. The third-order valence-electron chi connectivity index (χ3n) is 3.36. The number of hydrogen-bond donors (Lipinski definition) is 3. The summed E-state index contributed by atoms with van der Waals surface area (Å²) in [4.78, 5) is 12.0. The molecule has 0 spiro atoms. The zero-order chi connectivity index (χ0) is 15.1. The van der Waals surface area contributed by atoms with Gasteiger partial charge in [0.1, 0.15) is 5.69 Å². The van der Waals surface area contributed by atoms with Gasteiger partial charge in [0.15, 0.2) is 0 Å². The normalized spacial score (nSPS) is 12.1. The lowest BCUT2D eigenvalue weighted by atomic mass is 10.1. The van der Waals surface area contributed by atoms with Crippen molar-refractivity contribution in [2.45, 2.75) is 19.8 Å². The molecule has 0 bridgehead atoms.